The van der Waals surface area contributed by atoms with Gasteiger partial charge < -0.3 is 9.32 Å². The van der Waals surface area contributed by atoms with E-state index >= 15 is 0 Å². The van der Waals surface area contributed by atoms with Crippen LogP contribution >= 0.6 is 0 Å². The monoisotopic (exact) mass is 687 g/mol. The van der Waals surface area contributed by atoms with Crippen LogP contribution in [-0.4, -0.2) is 0 Å². The zero-order valence-electron chi connectivity index (χ0n) is 29.4. The van der Waals surface area contributed by atoms with Gasteiger partial charge in [-0.2, -0.15) is 0 Å². The Morgan fingerprint density at radius 3 is 1.50 bits per heavy atom. The lowest BCUT2D eigenvalue weighted by atomic mass is 9.94. The highest BCUT2D eigenvalue weighted by Crippen LogP contribution is 2.43. The molecule has 2 nitrogen and oxygen atoms in total. The lowest BCUT2D eigenvalue weighted by molar-refractivity contribution is 0.669. The fourth-order valence-electron chi connectivity index (χ4n) is 8.53. The summed E-state index contributed by atoms with van der Waals surface area (Å²) in [5.41, 5.74) is 9.89. The Morgan fingerprint density at radius 2 is 0.796 bits per heavy atom. The van der Waals surface area contributed by atoms with Gasteiger partial charge in [-0.25, -0.2) is 0 Å². The number of hydrogen-bond acceptors (Lipinski definition) is 2. The first-order valence-corrected chi connectivity index (χ1v) is 18.5. The van der Waals surface area contributed by atoms with Crippen LogP contribution in [0, 0.1) is 0 Å². The van der Waals surface area contributed by atoms with Crippen molar-refractivity contribution in [1.82, 2.24) is 0 Å². The summed E-state index contributed by atoms with van der Waals surface area (Å²) in [6, 6.07) is 72.3. The third-order valence-corrected chi connectivity index (χ3v) is 11.1. The van der Waals surface area contributed by atoms with Gasteiger partial charge >= 0.3 is 0 Å². The Hall–Kier alpha value is -7.16. The van der Waals surface area contributed by atoms with Crippen molar-refractivity contribution >= 4 is 82.1 Å². The molecule has 11 rings (SSSR count). The maximum Gasteiger partial charge on any atom is 0.136 e. The van der Waals surface area contributed by atoms with Crippen LogP contribution in [0.25, 0.3) is 87.3 Å². The standard InChI is InChI=1S/C52H33NO/c1-3-12-40-34(10-1)26-32-46-42(15-7-17-44(40)46)36-22-28-38(29-23-36)53(49-19-8-18-45-41-13-4-2-11-35(41)27-33-47(45)49)39-30-24-37(25-31-39)43-16-9-21-51-52(43)48-14-5-6-20-50(48)54-51/h1-33H. The molecule has 54 heavy (non-hydrogen) atoms. The van der Waals surface area contributed by atoms with E-state index in [0.29, 0.717) is 0 Å². The zero-order valence-corrected chi connectivity index (χ0v) is 29.4. The molecular weight excluding hydrogens is 655 g/mol. The molecule has 2 heteroatoms. The molecule has 0 aliphatic carbocycles. The van der Waals surface area contributed by atoms with Crippen LogP contribution in [0.1, 0.15) is 0 Å². The molecule has 252 valence electrons. The highest BCUT2D eigenvalue weighted by molar-refractivity contribution is 6.15. The smallest absolute Gasteiger partial charge is 0.136 e. The molecule has 0 saturated heterocycles. The van der Waals surface area contributed by atoms with E-state index < -0.39 is 0 Å². The summed E-state index contributed by atoms with van der Waals surface area (Å²) in [6.45, 7) is 0. The van der Waals surface area contributed by atoms with Crippen molar-refractivity contribution in [2.75, 3.05) is 4.90 Å². The van der Waals surface area contributed by atoms with E-state index in [0.717, 1.165) is 44.6 Å². The van der Waals surface area contributed by atoms with E-state index in [1.165, 1.54) is 59.8 Å². The molecule has 11 aromatic rings. The molecule has 0 radical (unpaired) electrons. The maximum atomic E-state index is 6.24. The summed E-state index contributed by atoms with van der Waals surface area (Å²) in [4.78, 5) is 2.40. The number of benzene rings is 10. The highest BCUT2D eigenvalue weighted by atomic mass is 16.3. The largest absolute Gasteiger partial charge is 0.456 e. The second kappa shape index (κ2) is 12.2. The summed E-state index contributed by atoms with van der Waals surface area (Å²) in [7, 11) is 0. The predicted octanol–water partition coefficient (Wildman–Crippen LogP) is 15.0. The number of nitrogens with zero attached hydrogens (tertiary/aromatic N) is 1. The summed E-state index contributed by atoms with van der Waals surface area (Å²) >= 11 is 0. The van der Waals surface area contributed by atoms with Gasteiger partial charge in [0.15, 0.2) is 0 Å². The van der Waals surface area contributed by atoms with Gasteiger partial charge in [-0.1, -0.05) is 158 Å². The minimum atomic E-state index is 0.904. The second-order valence-electron chi connectivity index (χ2n) is 14.1. The lowest BCUT2D eigenvalue weighted by Gasteiger charge is -2.27. The van der Waals surface area contributed by atoms with Crippen LogP contribution in [-0.2, 0) is 0 Å². The van der Waals surface area contributed by atoms with E-state index in [1.54, 1.807) is 0 Å². The normalized spacial score (nSPS) is 11.7. The number of rotatable bonds is 5. The van der Waals surface area contributed by atoms with E-state index in [1.807, 2.05) is 12.1 Å². The molecule has 0 atom stereocenters. The van der Waals surface area contributed by atoms with Crippen molar-refractivity contribution in [1.29, 1.82) is 0 Å². The van der Waals surface area contributed by atoms with Crippen LogP contribution in [0.3, 0.4) is 0 Å². The Morgan fingerprint density at radius 1 is 0.296 bits per heavy atom. The topological polar surface area (TPSA) is 16.4 Å². The van der Waals surface area contributed by atoms with Gasteiger partial charge in [0.25, 0.3) is 0 Å². The minimum absolute atomic E-state index is 0.904. The van der Waals surface area contributed by atoms with Crippen LogP contribution in [0.4, 0.5) is 17.1 Å². The third kappa shape index (κ3) is 4.81. The Balaban J connectivity index is 1.06. The first-order chi connectivity index (χ1) is 26.8. The van der Waals surface area contributed by atoms with Crippen LogP contribution in [0.2, 0.25) is 0 Å². The maximum absolute atomic E-state index is 6.24. The van der Waals surface area contributed by atoms with Gasteiger partial charge in [0.1, 0.15) is 11.2 Å². The number of hydrogen-bond donors (Lipinski definition) is 0. The van der Waals surface area contributed by atoms with Gasteiger partial charge in [0, 0.05) is 27.5 Å². The molecule has 1 heterocycles. The fraction of sp³-hybridized carbons (Fsp3) is 0. The number of anilines is 3. The molecular formula is C52H33NO. The summed E-state index contributed by atoms with van der Waals surface area (Å²) in [5.74, 6) is 0. The van der Waals surface area contributed by atoms with Gasteiger partial charge in [-0.3, -0.25) is 0 Å². The molecule has 0 saturated carbocycles. The SMILES string of the molecule is c1ccc2c(c1)ccc1c(-c3ccc(N(c4ccc(-c5cccc6oc7ccccc7c56)cc4)c4cccc5c4ccc4ccccc45)cc3)cccc12. The molecule has 10 aromatic carbocycles. The molecule has 0 aliphatic rings. The Kier molecular flexibility index (Phi) is 6.90. The van der Waals surface area contributed by atoms with Crippen LogP contribution in [0.15, 0.2) is 205 Å². The minimum Gasteiger partial charge on any atom is -0.456 e. The zero-order chi connectivity index (χ0) is 35.6. The third-order valence-electron chi connectivity index (χ3n) is 11.1. The second-order valence-corrected chi connectivity index (χ2v) is 14.1. The molecule has 0 bridgehead atoms. The van der Waals surface area contributed by atoms with Crippen molar-refractivity contribution in [2.24, 2.45) is 0 Å². The van der Waals surface area contributed by atoms with Crippen LogP contribution < -0.4 is 4.90 Å². The van der Waals surface area contributed by atoms with E-state index in [4.69, 9.17) is 4.42 Å². The summed E-state index contributed by atoms with van der Waals surface area (Å²) in [5, 5.41) is 12.3. The molecule has 0 unspecified atom stereocenters. The molecule has 0 aliphatic heterocycles. The quantitative estimate of drug-likeness (QED) is 0.168. The van der Waals surface area contributed by atoms with E-state index in [9.17, 15) is 0 Å². The molecule has 0 fully saturated rings. The average molecular weight is 688 g/mol. The van der Waals surface area contributed by atoms with Crippen molar-refractivity contribution in [3.8, 4) is 22.3 Å². The highest BCUT2D eigenvalue weighted by Gasteiger charge is 2.18. The molecule has 0 N–H and O–H groups in total. The van der Waals surface area contributed by atoms with Crippen LogP contribution in [0.5, 0.6) is 0 Å². The fourth-order valence-corrected chi connectivity index (χ4v) is 8.53. The van der Waals surface area contributed by atoms with Gasteiger partial charge in [-0.15, -0.1) is 0 Å². The molecule has 0 spiro atoms. The molecule has 1 aromatic heterocycles. The first-order valence-electron chi connectivity index (χ1n) is 18.5. The summed E-state index contributed by atoms with van der Waals surface area (Å²) in [6.07, 6.45) is 0. The number of fused-ring (bicyclic) bond motifs is 9. The van der Waals surface area contributed by atoms with Crippen molar-refractivity contribution in [2.45, 2.75) is 0 Å². The average Bonchev–Trinajstić information content (AvgIpc) is 3.63. The predicted molar refractivity (Wildman–Crippen MR) is 229 cm³/mol. The lowest BCUT2D eigenvalue weighted by Crippen LogP contribution is -2.10. The summed E-state index contributed by atoms with van der Waals surface area (Å²) < 4.78 is 6.24. The Labute approximate surface area is 312 Å². The Bertz CT molecular complexity index is 3210. The first kappa shape index (κ1) is 30.5. The van der Waals surface area contributed by atoms with Gasteiger partial charge in [0.05, 0.1) is 5.69 Å². The van der Waals surface area contributed by atoms with E-state index in [-0.39, 0.29) is 0 Å². The van der Waals surface area contributed by atoms with Gasteiger partial charge in [0.2, 0.25) is 0 Å². The van der Waals surface area contributed by atoms with E-state index in [2.05, 4.69) is 193 Å². The number of furan rings is 1. The van der Waals surface area contributed by atoms with Crippen molar-refractivity contribution < 1.29 is 4.42 Å². The molecule has 0 amide bonds. The van der Waals surface area contributed by atoms with Crippen molar-refractivity contribution in [3.63, 3.8) is 0 Å². The number of para-hydroxylation sites is 1. The van der Waals surface area contributed by atoms with Crippen molar-refractivity contribution in [3.05, 3.63) is 200 Å². The van der Waals surface area contributed by atoms with Gasteiger partial charge in [-0.05, 0) is 102 Å².